The molecule has 0 fully saturated rings. The fourth-order valence-electron chi connectivity index (χ4n) is 2.64. The molecule has 2 aromatic carbocycles. The fraction of sp³-hybridized carbons (Fsp3) is 0.381. The van der Waals surface area contributed by atoms with E-state index in [-0.39, 0.29) is 0 Å². The molecule has 134 valence electrons. The molecule has 0 aromatic heterocycles. The summed E-state index contributed by atoms with van der Waals surface area (Å²) in [6, 6.07) is 19.0. The molecule has 0 amide bonds. The lowest BCUT2D eigenvalue weighted by molar-refractivity contribution is 0.755. The number of nitrogens with one attached hydrogen (secondary N) is 2. The van der Waals surface area contributed by atoms with Crippen LogP contribution < -0.4 is 15.5 Å². The predicted molar refractivity (Wildman–Crippen MR) is 114 cm³/mol. The Bertz CT molecular complexity index is 625. The summed E-state index contributed by atoms with van der Waals surface area (Å²) in [7, 11) is 2.12. The molecule has 0 heterocycles. The van der Waals surface area contributed by atoms with Crippen molar-refractivity contribution in [1.29, 1.82) is 0 Å². The summed E-state index contributed by atoms with van der Waals surface area (Å²) >= 11 is 5.38. The third-order valence-corrected chi connectivity index (χ3v) is 4.43. The quantitative estimate of drug-likeness (QED) is 0.497. The highest BCUT2D eigenvalue weighted by Crippen LogP contribution is 2.12. The molecule has 0 saturated carbocycles. The minimum Gasteiger partial charge on any atom is -0.375 e. The molecule has 2 rings (SSSR count). The number of aryl methyl sites for hydroxylation is 1. The maximum absolute atomic E-state index is 5.38. The van der Waals surface area contributed by atoms with Gasteiger partial charge < -0.3 is 15.5 Å². The molecule has 0 radical (unpaired) electrons. The van der Waals surface area contributed by atoms with Gasteiger partial charge in [0.15, 0.2) is 5.11 Å². The second-order valence-corrected chi connectivity index (χ2v) is 6.70. The van der Waals surface area contributed by atoms with Crippen LogP contribution in [0, 0.1) is 0 Å². The lowest BCUT2D eigenvalue weighted by Gasteiger charge is -2.19. The molecule has 0 atom stereocenters. The molecule has 0 aliphatic rings. The Morgan fingerprint density at radius 2 is 1.72 bits per heavy atom. The first-order valence-corrected chi connectivity index (χ1v) is 9.50. The Morgan fingerprint density at radius 1 is 1.00 bits per heavy atom. The molecular weight excluding hydrogens is 326 g/mol. The highest BCUT2D eigenvalue weighted by atomic mass is 32.1. The lowest BCUT2D eigenvalue weighted by atomic mass is 10.1. The van der Waals surface area contributed by atoms with E-state index in [0.717, 1.165) is 31.6 Å². The van der Waals surface area contributed by atoms with Crippen molar-refractivity contribution < 1.29 is 0 Å². The Morgan fingerprint density at radius 3 is 2.40 bits per heavy atom. The summed E-state index contributed by atoms with van der Waals surface area (Å²) < 4.78 is 0. The van der Waals surface area contributed by atoms with Crippen molar-refractivity contribution in [1.82, 2.24) is 5.32 Å². The van der Waals surface area contributed by atoms with Crippen LogP contribution in [0.1, 0.15) is 31.7 Å². The van der Waals surface area contributed by atoms with E-state index >= 15 is 0 Å². The molecule has 2 aromatic rings. The van der Waals surface area contributed by atoms with Crippen molar-refractivity contribution in [2.45, 2.75) is 32.6 Å². The molecule has 0 spiro atoms. The third kappa shape index (κ3) is 7.14. The second-order valence-electron chi connectivity index (χ2n) is 6.29. The number of hydrogen-bond acceptors (Lipinski definition) is 2. The summed E-state index contributed by atoms with van der Waals surface area (Å²) in [6.07, 6.45) is 4.65. The van der Waals surface area contributed by atoms with Crippen LogP contribution in [-0.4, -0.2) is 25.2 Å². The van der Waals surface area contributed by atoms with Crippen LogP contribution in [0.3, 0.4) is 0 Å². The molecule has 25 heavy (non-hydrogen) atoms. The van der Waals surface area contributed by atoms with E-state index in [1.54, 1.807) is 0 Å². The van der Waals surface area contributed by atoms with Crippen molar-refractivity contribution in [3.05, 3.63) is 60.2 Å². The number of anilines is 2. The van der Waals surface area contributed by atoms with Gasteiger partial charge in [0, 0.05) is 31.5 Å². The van der Waals surface area contributed by atoms with Crippen molar-refractivity contribution in [3.63, 3.8) is 0 Å². The van der Waals surface area contributed by atoms with Gasteiger partial charge in [0.05, 0.1) is 0 Å². The van der Waals surface area contributed by atoms with Crippen LogP contribution >= 0.6 is 12.2 Å². The van der Waals surface area contributed by atoms with Gasteiger partial charge in [0.2, 0.25) is 0 Å². The van der Waals surface area contributed by atoms with Crippen molar-refractivity contribution in [3.8, 4) is 0 Å². The average molecular weight is 356 g/mol. The standard InChI is InChI=1S/C21H29N3S/c1-3-4-9-18-12-14-19(15-13-18)23-21(25)22-16-8-17-24(2)20-10-6-5-7-11-20/h5-7,10-15H,3-4,8-9,16-17H2,1-2H3,(H2,22,23,25). The van der Waals surface area contributed by atoms with Crippen LogP contribution in [0.2, 0.25) is 0 Å². The fourth-order valence-corrected chi connectivity index (χ4v) is 2.86. The lowest BCUT2D eigenvalue weighted by Crippen LogP contribution is -2.31. The Hall–Kier alpha value is -2.07. The number of unbranched alkanes of at least 4 members (excludes halogenated alkanes) is 1. The zero-order valence-electron chi connectivity index (χ0n) is 15.3. The molecule has 3 nitrogen and oxygen atoms in total. The van der Waals surface area contributed by atoms with E-state index in [0.29, 0.717) is 5.11 Å². The minimum absolute atomic E-state index is 0.684. The number of hydrogen-bond donors (Lipinski definition) is 2. The monoisotopic (exact) mass is 355 g/mol. The van der Waals surface area contributed by atoms with Gasteiger partial charge in [-0.25, -0.2) is 0 Å². The molecule has 0 aliphatic carbocycles. The molecule has 2 N–H and O–H groups in total. The van der Waals surface area contributed by atoms with Crippen LogP contribution in [0.25, 0.3) is 0 Å². The van der Waals surface area contributed by atoms with E-state index in [4.69, 9.17) is 12.2 Å². The Labute approximate surface area is 157 Å². The average Bonchev–Trinajstić information content (AvgIpc) is 2.65. The smallest absolute Gasteiger partial charge is 0.170 e. The number of benzene rings is 2. The van der Waals surface area contributed by atoms with E-state index < -0.39 is 0 Å². The summed E-state index contributed by atoms with van der Waals surface area (Å²) in [5.74, 6) is 0. The van der Waals surface area contributed by atoms with Gasteiger partial charge in [-0.2, -0.15) is 0 Å². The number of para-hydroxylation sites is 1. The maximum atomic E-state index is 5.38. The number of nitrogens with zero attached hydrogens (tertiary/aromatic N) is 1. The molecule has 0 unspecified atom stereocenters. The summed E-state index contributed by atoms with van der Waals surface area (Å²) in [6.45, 7) is 4.07. The maximum Gasteiger partial charge on any atom is 0.170 e. The summed E-state index contributed by atoms with van der Waals surface area (Å²) in [4.78, 5) is 2.26. The van der Waals surface area contributed by atoms with Gasteiger partial charge in [-0.3, -0.25) is 0 Å². The van der Waals surface area contributed by atoms with Gasteiger partial charge in [0.1, 0.15) is 0 Å². The first kappa shape index (κ1) is 19.3. The van der Waals surface area contributed by atoms with E-state index in [1.165, 1.54) is 24.1 Å². The topological polar surface area (TPSA) is 27.3 Å². The Kier molecular flexibility index (Phi) is 8.26. The van der Waals surface area contributed by atoms with Crippen molar-refractivity contribution in [2.75, 3.05) is 30.4 Å². The Balaban J connectivity index is 1.65. The van der Waals surface area contributed by atoms with Gasteiger partial charge in [-0.15, -0.1) is 0 Å². The zero-order valence-corrected chi connectivity index (χ0v) is 16.1. The first-order valence-electron chi connectivity index (χ1n) is 9.09. The SMILES string of the molecule is CCCCc1ccc(NC(=S)NCCCN(C)c2ccccc2)cc1. The van der Waals surface area contributed by atoms with Gasteiger partial charge in [0.25, 0.3) is 0 Å². The molecule has 0 bridgehead atoms. The largest absolute Gasteiger partial charge is 0.375 e. The third-order valence-electron chi connectivity index (χ3n) is 4.18. The first-order chi connectivity index (χ1) is 12.2. The minimum atomic E-state index is 0.684. The molecule has 0 saturated heterocycles. The van der Waals surface area contributed by atoms with E-state index in [2.05, 4.69) is 78.0 Å². The van der Waals surface area contributed by atoms with Gasteiger partial charge >= 0.3 is 0 Å². The molecular formula is C21H29N3S. The van der Waals surface area contributed by atoms with Crippen molar-refractivity contribution in [2.24, 2.45) is 0 Å². The normalized spacial score (nSPS) is 10.3. The van der Waals surface area contributed by atoms with Crippen LogP contribution in [0.5, 0.6) is 0 Å². The van der Waals surface area contributed by atoms with Gasteiger partial charge in [-0.1, -0.05) is 43.7 Å². The van der Waals surface area contributed by atoms with Crippen LogP contribution in [0.15, 0.2) is 54.6 Å². The highest BCUT2D eigenvalue weighted by molar-refractivity contribution is 7.80. The van der Waals surface area contributed by atoms with E-state index in [9.17, 15) is 0 Å². The second kappa shape index (κ2) is 10.7. The van der Waals surface area contributed by atoms with E-state index in [1.807, 2.05) is 6.07 Å². The van der Waals surface area contributed by atoms with Crippen LogP contribution in [-0.2, 0) is 6.42 Å². The van der Waals surface area contributed by atoms with Crippen LogP contribution in [0.4, 0.5) is 11.4 Å². The summed E-state index contributed by atoms with van der Waals surface area (Å²) in [5, 5.41) is 7.22. The van der Waals surface area contributed by atoms with Crippen molar-refractivity contribution >= 4 is 28.7 Å². The van der Waals surface area contributed by atoms with Gasteiger partial charge in [-0.05, 0) is 61.3 Å². The number of rotatable bonds is 9. The number of thiocarbonyl (C=S) groups is 1. The summed E-state index contributed by atoms with van der Waals surface area (Å²) in [5.41, 5.74) is 3.67. The highest BCUT2D eigenvalue weighted by Gasteiger charge is 2.01. The predicted octanol–water partition coefficient (Wildman–Crippen LogP) is 4.84. The zero-order chi connectivity index (χ0) is 17.9. The molecule has 0 aliphatic heterocycles. The molecule has 4 heteroatoms.